The van der Waals surface area contributed by atoms with E-state index in [1.807, 2.05) is 24.3 Å². The zero-order valence-corrected chi connectivity index (χ0v) is 35.0. The van der Waals surface area contributed by atoms with Gasteiger partial charge in [-0.3, -0.25) is 19.2 Å². The highest BCUT2D eigenvalue weighted by atomic mass is 16.5. The summed E-state index contributed by atoms with van der Waals surface area (Å²) in [5.41, 5.74) is 7.42. The summed E-state index contributed by atoms with van der Waals surface area (Å²) in [6, 6.07) is 47.8. The van der Waals surface area contributed by atoms with Gasteiger partial charge in [-0.1, -0.05) is 114 Å². The lowest BCUT2D eigenvalue weighted by Crippen LogP contribution is -2.29. The molecule has 0 atom stereocenters. The molecule has 304 valence electrons. The number of benzene rings is 6. The Morgan fingerprint density at radius 1 is 0.295 bits per heavy atom. The van der Waals surface area contributed by atoms with Crippen molar-refractivity contribution >= 4 is 35.0 Å². The average Bonchev–Trinajstić information content (AvgIpc) is 3.79. The molecule has 2 aliphatic rings. The summed E-state index contributed by atoms with van der Waals surface area (Å²) in [7, 11) is 0. The smallest absolute Gasteiger partial charge is 0.258 e. The number of carbonyl (C=O) groups excluding carboxylic acids is 4. The van der Waals surface area contributed by atoms with Gasteiger partial charge in [0, 0.05) is 40.5 Å². The van der Waals surface area contributed by atoms with E-state index >= 15 is 0 Å². The maximum atomic E-state index is 12.0. The Balaban J connectivity index is 0.891. The van der Waals surface area contributed by atoms with E-state index < -0.39 is 0 Å². The van der Waals surface area contributed by atoms with E-state index in [1.54, 1.807) is 48.5 Å². The minimum Gasteiger partial charge on any atom is -0.457 e. The predicted molar refractivity (Wildman–Crippen MR) is 238 cm³/mol. The molecule has 0 radical (unpaired) electrons. The fourth-order valence-corrected chi connectivity index (χ4v) is 7.89. The van der Waals surface area contributed by atoms with Crippen molar-refractivity contribution in [2.45, 2.75) is 57.8 Å². The molecule has 61 heavy (non-hydrogen) atoms. The molecule has 8 heteroatoms. The lowest BCUT2D eigenvalue weighted by molar-refractivity contribution is -0.121. The van der Waals surface area contributed by atoms with Crippen LogP contribution in [0.15, 0.2) is 170 Å². The second-order valence-electron chi connectivity index (χ2n) is 17.0. The summed E-state index contributed by atoms with van der Waals surface area (Å²) in [6.45, 7) is 13.4. The summed E-state index contributed by atoms with van der Waals surface area (Å²) < 4.78 is 12.2. The number of rotatable bonds is 12. The van der Waals surface area contributed by atoms with Gasteiger partial charge in [0.15, 0.2) is 0 Å². The van der Waals surface area contributed by atoms with Gasteiger partial charge < -0.3 is 9.47 Å². The third kappa shape index (κ3) is 7.92. The second-order valence-corrected chi connectivity index (χ2v) is 17.0. The first kappa shape index (κ1) is 40.5. The Bertz CT molecular complexity index is 2470. The molecule has 2 heterocycles. The Morgan fingerprint density at radius 2 is 0.475 bits per heavy atom. The van der Waals surface area contributed by atoms with Gasteiger partial charge in [0.25, 0.3) is 23.6 Å². The minimum atomic E-state index is -0.353. The zero-order valence-electron chi connectivity index (χ0n) is 35.0. The SMILES string of the molecule is CC(C)(c1ccc(Oc2ccc(N3C(=O)C=CC3=O)cc2)cc1)c1ccc(C(C)(C)c2ccc(C(C)(C)c3ccc(Oc4ccc(N5C(=O)C=CC5=O)cc4)cc3)cc2)cc1. The molecule has 0 aliphatic carbocycles. The van der Waals surface area contributed by atoms with E-state index in [0.29, 0.717) is 34.4 Å². The van der Waals surface area contributed by atoms with Gasteiger partial charge in [0.05, 0.1) is 11.4 Å². The number of nitrogens with zero attached hydrogens (tertiary/aromatic N) is 2. The summed E-state index contributed by atoms with van der Waals surface area (Å²) >= 11 is 0. The van der Waals surface area contributed by atoms with Crippen LogP contribution in [0.1, 0.15) is 74.9 Å². The largest absolute Gasteiger partial charge is 0.457 e. The fraction of sp³-hybridized carbons (Fsp3) is 0.170. The van der Waals surface area contributed by atoms with Gasteiger partial charge in [0.1, 0.15) is 23.0 Å². The van der Waals surface area contributed by atoms with Crippen molar-refractivity contribution < 1.29 is 28.7 Å². The molecule has 0 aromatic heterocycles. The first-order chi connectivity index (χ1) is 29.1. The maximum absolute atomic E-state index is 12.0. The highest BCUT2D eigenvalue weighted by Gasteiger charge is 2.30. The predicted octanol–water partition coefficient (Wildman–Crippen LogP) is 11.1. The van der Waals surface area contributed by atoms with Crippen molar-refractivity contribution in [1.82, 2.24) is 0 Å². The molecule has 8 nitrogen and oxygen atoms in total. The second kappa shape index (κ2) is 15.7. The first-order valence-corrected chi connectivity index (χ1v) is 20.2. The van der Waals surface area contributed by atoms with Crippen molar-refractivity contribution in [3.05, 3.63) is 203 Å². The molecular formula is C53H46N2O6. The van der Waals surface area contributed by atoms with E-state index in [0.717, 1.165) is 20.9 Å². The zero-order chi connectivity index (χ0) is 43.1. The number of carbonyl (C=O) groups is 4. The molecule has 0 spiro atoms. The van der Waals surface area contributed by atoms with Crippen molar-refractivity contribution in [2.75, 3.05) is 9.80 Å². The normalized spacial score (nSPS) is 14.3. The van der Waals surface area contributed by atoms with Crippen LogP contribution in [-0.4, -0.2) is 23.6 Å². The quantitative estimate of drug-likeness (QED) is 0.114. The van der Waals surface area contributed by atoms with Gasteiger partial charge in [0.2, 0.25) is 0 Å². The van der Waals surface area contributed by atoms with Crippen LogP contribution in [-0.2, 0) is 35.4 Å². The number of hydrogen-bond acceptors (Lipinski definition) is 6. The fourth-order valence-electron chi connectivity index (χ4n) is 7.89. The summed E-state index contributed by atoms with van der Waals surface area (Å²) in [5.74, 6) is 1.18. The standard InChI is InChI=1S/C53H46N2O6/c1-51(2,35-7-11-37(12-8-35)52(3,4)39-15-23-43(24-16-39)60-45-27-19-41(20-28-45)54-47(56)31-32-48(54)57)36-9-13-38(14-10-36)53(5,6)40-17-25-44(26-18-40)61-46-29-21-42(22-30-46)55-49(58)33-34-50(55)59/h7-34H,1-6H3. The summed E-state index contributed by atoms with van der Waals surface area (Å²) in [4.78, 5) is 50.3. The Labute approximate surface area is 356 Å². The van der Waals surface area contributed by atoms with Crippen LogP contribution < -0.4 is 19.3 Å². The van der Waals surface area contributed by atoms with Gasteiger partial charge in [-0.05, 0) is 106 Å². The van der Waals surface area contributed by atoms with Gasteiger partial charge in [-0.15, -0.1) is 0 Å². The lowest BCUT2D eigenvalue weighted by atomic mass is 9.73. The number of ether oxygens (including phenoxy) is 2. The van der Waals surface area contributed by atoms with Crippen molar-refractivity contribution in [1.29, 1.82) is 0 Å². The van der Waals surface area contributed by atoms with Crippen LogP contribution >= 0.6 is 0 Å². The monoisotopic (exact) mass is 806 g/mol. The van der Waals surface area contributed by atoms with Crippen LogP contribution in [0.25, 0.3) is 0 Å². The van der Waals surface area contributed by atoms with Crippen molar-refractivity contribution in [3.63, 3.8) is 0 Å². The van der Waals surface area contributed by atoms with Crippen LogP contribution in [0.3, 0.4) is 0 Å². The molecule has 6 aromatic carbocycles. The molecule has 0 saturated heterocycles. The lowest BCUT2D eigenvalue weighted by Gasteiger charge is -2.31. The average molecular weight is 807 g/mol. The molecule has 0 saturated carbocycles. The molecule has 4 amide bonds. The van der Waals surface area contributed by atoms with Crippen LogP contribution in [0.5, 0.6) is 23.0 Å². The number of amides is 4. The molecule has 2 aliphatic heterocycles. The molecule has 0 fully saturated rings. The number of imide groups is 2. The van der Waals surface area contributed by atoms with E-state index in [2.05, 4.69) is 114 Å². The Kier molecular flexibility index (Phi) is 10.4. The van der Waals surface area contributed by atoms with Crippen LogP contribution in [0, 0.1) is 0 Å². The van der Waals surface area contributed by atoms with Gasteiger partial charge in [-0.25, -0.2) is 9.80 Å². The van der Waals surface area contributed by atoms with Crippen LogP contribution in [0.4, 0.5) is 11.4 Å². The molecule has 0 unspecified atom stereocenters. The Hall–Kier alpha value is -7.32. The summed E-state index contributed by atoms with van der Waals surface area (Å²) in [5, 5.41) is 0. The molecule has 0 N–H and O–H groups in total. The van der Waals surface area contributed by atoms with E-state index in [1.165, 1.54) is 46.6 Å². The topological polar surface area (TPSA) is 93.2 Å². The van der Waals surface area contributed by atoms with Gasteiger partial charge >= 0.3 is 0 Å². The minimum absolute atomic E-state index is 0.230. The van der Waals surface area contributed by atoms with Gasteiger partial charge in [-0.2, -0.15) is 0 Å². The third-order valence-electron chi connectivity index (χ3n) is 12.1. The highest BCUT2D eigenvalue weighted by Crippen LogP contribution is 2.39. The molecule has 0 bridgehead atoms. The number of anilines is 2. The van der Waals surface area contributed by atoms with E-state index in [4.69, 9.17) is 9.47 Å². The Morgan fingerprint density at radius 3 is 0.689 bits per heavy atom. The van der Waals surface area contributed by atoms with E-state index in [9.17, 15) is 19.2 Å². The molecule has 8 rings (SSSR count). The van der Waals surface area contributed by atoms with Crippen LogP contribution in [0.2, 0.25) is 0 Å². The van der Waals surface area contributed by atoms with Crippen molar-refractivity contribution in [3.8, 4) is 23.0 Å². The highest BCUT2D eigenvalue weighted by molar-refractivity contribution is 6.28. The summed E-state index contributed by atoms with van der Waals surface area (Å²) in [6.07, 6.45) is 5.07. The first-order valence-electron chi connectivity index (χ1n) is 20.2. The van der Waals surface area contributed by atoms with Crippen molar-refractivity contribution in [2.24, 2.45) is 0 Å². The molecule has 6 aromatic rings. The molecular weight excluding hydrogens is 761 g/mol. The maximum Gasteiger partial charge on any atom is 0.258 e. The third-order valence-corrected chi connectivity index (χ3v) is 12.1. The number of hydrogen-bond donors (Lipinski definition) is 0. The van der Waals surface area contributed by atoms with E-state index in [-0.39, 0.29) is 39.9 Å².